The van der Waals surface area contributed by atoms with Gasteiger partial charge in [0, 0.05) is 16.7 Å². The van der Waals surface area contributed by atoms with Crippen molar-refractivity contribution >= 4 is 5.91 Å². The molecule has 5 N–H and O–H groups in total. The maximum Gasteiger partial charge on any atom is 0.424 e. The largest absolute Gasteiger partial charge is 0.493 e. The number of carbonyl (C=O) groups excluding carboxylic acids is 1. The number of nitrogens with zero attached hydrogens (tertiary/aromatic N) is 1. The Balaban J connectivity index is 1.73. The number of aliphatic hydroxyl groups excluding tert-OH is 1. The van der Waals surface area contributed by atoms with Crippen molar-refractivity contribution in [2.24, 2.45) is 5.73 Å². The first kappa shape index (κ1) is 30.0. The average Bonchev–Trinajstić information content (AvgIpc) is 3.30. The zero-order chi connectivity index (χ0) is 30.0. The number of hydrogen-bond donors (Lipinski definition) is 4. The third-order valence-corrected chi connectivity index (χ3v) is 6.90. The van der Waals surface area contributed by atoms with E-state index in [1.165, 1.54) is 37.4 Å². The molecule has 0 spiro atoms. The third kappa shape index (κ3) is 5.78. The highest BCUT2D eigenvalue weighted by Gasteiger charge is 2.57. The Morgan fingerprint density at radius 2 is 1.88 bits per heavy atom. The summed E-state index contributed by atoms with van der Waals surface area (Å²) >= 11 is 0. The molecule has 0 unspecified atom stereocenters. The molecule has 0 fully saturated rings. The molecule has 2 heterocycles. The Hall–Kier alpha value is -3.94. The Kier molecular flexibility index (Phi) is 8.43. The first-order chi connectivity index (χ1) is 19.4. The van der Waals surface area contributed by atoms with Crippen molar-refractivity contribution in [3.8, 4) is 28.5 Å². The SMILES string of the molecule is CC[C@]1(N)COc2c1cc([C@@](O)(CNC(=O)c1ccc(OCCO)c(OC)c1)C(F)(F)F)nc2-c1ccc(F)cc1. The molecule has 1 amide bonds. The van der Waals surface area contributed by atoms with Crippen LogP contribution in [-0.2, 0) is 11.1 Å². The Bertz CT molecular complexity index is 1420. The van der Waals surface area contributed by atoms with E-state index in [4.69, 9.17) is 25.1 Å². The van der Waals surface area contributed by atoms with Crippen LogP contribution in [0.2, 0.25) is 0 Å². The molecule has 0 saturated carbocycles. The Morgan fingerprint density at radius 1 is 1.17 bits per heavy atom. The minimum Gasteiger partial charge on any atom is -0.493 e. The molecule has 220 valence electrons. The summed E-state index contributed by atoms with van der Waals surface area (Å²) in [5.41, 5.74) is 1.13. The number of rotatable bonds is 10. The summed E-state index contributed by atoms with van der Waals surface area (Å²) in [4.78, 5) is 17.0. The minimum atomic E-state index is -5.29. The fourth-order valence-electron chi connectivity index (χ4n) is 4.37. The summed E-state index contributed by atoms with van der Waals surface area (Å²) in [7, 11) is 1.31. The summed E-state index contributed by atoms with van der Waals surface area (Å²) in [5, 5.41) is 22.2. The van der Waals surface area contributed by atoms with Gasteiger partial charge in [0.05, 0.1) is 31.5 Å². The van der Waals surface area contributed by atoms with Crippen LogP contribution in [0.25, 0.3) is 11.3 Å². The first-order valence-corrected chi connectivity index (χ1v) is 12.6. The predicted octanol–water partition coefficient (Wildman–Crippen LogP) is 3.40. The number of alkyl halides is 3. The molecule has 2 atom stereocenters. The van der Waals surface area contributed by atoms with Gasteiger partial charge in [0.2, 0.25) is 5.60 Å². The van der Waals surface area contributed by atoms with Gasteiger partial charge >= 0.3 is 6.18 Å². The molecule has 3 aromatic rings. The molecule has 1 aromatic heterocycles. The van der Waals surface area contributed by atoms with Gasteiger partial charge in [-0.05, 0) is 55.0 Å². The highest BCUT2D eigenvalue weighted by Crippen LogP contribution is 2.47. The summed E-state index contributed by atoms with van der Waals surface area (Å²) in [5.74, 6) is -1.05. The van der Waals surface area contributed by atoms with Crippen LogP contribution in [0.15, 0.2) is 48.5 Å². The maximum atomic E-state index is 14.5. The van der Waals surface area contributed by atoms with Gasteiger partial charge in [-0.1, -0.05) is 6.92 Å². The molecule has 1 aliphatic rings. The molecular formula is C28H29F4N3O6. The van der Waals surface area contributed by atoms with Gasteiger partial charge in [-0.2, -0.15) is 13.2 Å². The second kappa shape index (κ2) is 11.5. The lowest BCUT2D eigenvalue weighted by Gasteiger charge is -2.31. The number of hydrogen-bond acceptors (Lipinski definition) is 8. The monoisotopic (exact) mass is 579 g/mol. The molecule has 0 bridgehead atoms. The molecule has 1 aliphatic heterocycles. The average molecular weight is 580 g/mol. The van der Waals surface area contributed by atoms with Crippen molar-refractivity contribution in [3.05, 3.63) is 71.2 Å². The smallest absolute Gasteiger partial charge is 0.424 e. The molecule has 4 rings (SSSR count). The molecule has 2 aromatic carbocycles. The summed E-state index contributed by atoms with van der Waals surface area (Å²) in [6, 6.07) is 9.81. The number of methoxy groups -OCH3 is 1. The van der Waals surface area contributed by atoms with Crippen molar-refractivity contribution < 1.29 is 46.8 Å². The quantitative estimate of drug-likeness (QED) is 0.269. The van der Waals surface area contributed by atoms with Gasteiger partial charge in [0.15, 0.2) is 17.2 Å². The van der Waals surface area contributed by atoms with E-state index in [-0.39, 0.29) is 59.5 Å². The van der Waals surface area contributed by atoms with E-state index >= 15 is 0 Å². The third-order valence-electron chi connectivity index (χ3n) is 6.90. The highest BCUT2D eigenvalue weighted by molar-refractivity contribution is 5.95. The zero-order valence-electron chi connectivity index (χ0n) is 22.2. The molecule has 9 nitrogen and oxygen atoms in total. The molecule has 13 heteroatoms. The topological polar surface area (TPSA) is 136 Å². The van der Waals surface area contributed by atoms with E-state index in [9.17, 15) is 27.5 Å². The standard InChI is InChI=1S/C28H29F4N3O6/c1-3-26(33)15-41-24-19(26)13-22(35-23(24)16-4-7-18(29)8-5-16)27(38,28(30,31)32)14-34-25(37)17-6-9-20(40-11-10-36)21(12-17)39-2/h4-9,12-13,36,38H,3,10-11,14-15,33H2,1-2H3,(H,34,37)/t26-,27-/m0/s1. The number of nitrogens with two attached hydrogens (primary N) is 1. The predicted molar refractivity (Wildman–Crippen MR) is 139 cm³/mol. The first-order valence-electron chi connectivity index (χ1n) is 12.6. The van der Waals surface area contributed by atoms with Gasteiger partial charge in [0.1, 0.15) is 24.7 Å². The maximum absolute atomic E-state index is 14.5. The van der Waals surface area contributed by atoms with Gasteiger partial charge in [-0.15, -0.1) is 0 Å². The number of benzene rings is 2. The number of carbonyl (C=O) groups is 1. The molecule has 0 saturated heterocycles. The minimum absolute atomic E-state index is 0.0403. The number of pyridine rings is 1. The zero-order valence-corrected chi connectivity index (χ0v) is 22.2. The second-order valence-electron chi connectivity index (χ2n) is 9.52. The lowest BCUT2D eigenvalue weighted by molar-refractivity contribution is -0.265. The summed E-state index contributed by atoms with van der Waals surface area (Å²) < 4.78 is 73.4. The molecule has 0 aliphatic carbocycles. The summed E-state index contributed by atoms with van der Waals surface area (Å²) in [6.45, 7) is 0.0948. The molecule has 0 radical (unpaired) electrons. The van der Waals surface area contributed by atoms with Crippen molar-refractivity contribution in [1.82, 2.24) is 10.3 Å². The van der Waals surface area contributed by atoms with E-state index in [1.54, 1.807) is 6.92 Å². The fraction of sp³-hybridized carbons (Fsp3) is 0.357. The number of halogens is 4. The lowest BCUT2D eigenvalue weighted by atomic mass is 9.86. The fourth-order valence-corrected chi connectivity index (χ4v) is 4.37. The van der Waals surface area contributed by atoms with Crippen LogP contribution in [0.3, 0.4) is 0 Å². The number of aromatic nitrogens is 1. The van der Waals surface area contributed by atoms with Gasteiger partial charge < -0.3 is 35.5 Å². The van der Waals surface area contributed by atoms with Crippen molar-refractivity contribution in [3.63, 3.8) is 0 Å². The summed E-state index contributed by atoms with van der Waals surface area (Å²) in [6.07, 6.45) is -4.99. The lowest BCUT2D eigenvalue weighted by Crippen LogP contribution is -2.51. The van der Waals surface area contributed by atoms with Crippen molar-refractivity contribution in [2.75, 3.05) is 33.5 Å². The van der Waals surface area contributed by atoms with E-state index < -0.39 is 41.3 Å². The van der Waals surface area contributed by atoms with E-state index in [1.807, 2.05) is 0 Å². The van der Waals surface area contributed by atoms with Gasteiger partial charge in [-0.3, -0.25) is 4.79 Å². The van der Waals surface area contributed by atoms with Crippen molar-refractivity contribution in [2.45, 2.75) is 30.7 Å². The van der Waals surface area contributed by atoms with E-state index in [2.05, 4.69) is 10.3 Å². The highest BCUT2D eigenvalue weighted by atomic mass is 19.4. The van der Waals surface area contributed by atoms with Crippen LogP contribution in [0.5, 0.6) is 17.2 Å². The van der Waals surface area contributed by atoms with Gasteiger partial charge in [-0.25, -0.2) is 9.37 Å². The van der Waals surface area contributed by atoms with Crippen LogP contribution >= 0.6 is 0 Å². The molecular weight excluding hydrogens is 550 g/mol. The van der Waals surface area contributed by atoms with Gasteiger partial charge in [0.25, 0.3) is 5.91 Å². The van der Waals surface area contributed by atoms with Crippen LogP contribution in [0.1, 0.15) is 35.0 Å². The van der Waals surface area contributed by atoms with E-state index in [0.717, 1.165) is 18.2 Å². The van der Waals surface area contributed by atoms with Crippen LogP contribution in [0.4, 0.5) is 17.6 Å². The second-order valence-corrected chi connectivity index (χ2v) is 9.52. The molecule has 41 heavy (non-hydrogen) atoms. The Labute approximate surface area is 232 Å². The normalized spacial score (nSPS) is 17.8. The van der Waals surface area contributed by atoms with E-state index in [0.29, 0.717) is 6.42 Å². The number of fused-ring (bicyclic) bond motifs is 1. The number of nitrogens with one attached hydrogen (secondary N) is 1. The van der Waals surface area contributed by atoms with Crippen LogP contribution < -0.4 is 25.3 Å². The number of amides is 1. The van der Waals surface area contributed by atoms with Crippen LogP contribution in [0, 0.1) is 5.82 Å². The number of aliphatic hydroxyl groups is 2. The van der Waals surface area contributed by atoms with Crippen LogP contribution in [-0.4, -0.2) is 60.8 Å². The van der Waals surface area contributed by atoms with Crippen molar-refractivity contribution in [1.29, 1.82) is 0 Å². The Morgan fingerprint density at radius 3 is 2.49 bits per heavy atom. The number of ether oxygens (including phenoxy) is 3.